The smallest absolute Gasteiger partial charge is 0.311 e. The first-order chi connectivity index (χ1) is 12.1. The highest BCUT2D eigenvalue weighted by molar-refractivity contribution is 5.92. The second-order valence-corrected chi connectivity index (χ2v) is 7.13. The van der Waals surface area contributed by atoms with Crippen molar-refractivity contribution in [1.82, 2.24) is 4.90 Å². The molecule has 7 heteroatoms. The predicted octanol–water partition coefficient (Wildman–Crippen LogP) is 1.58. The molecule has 0 unspecified atom stereocenters. The fourth-order valence-electron chi connectivity index (χ4n) is 4.39. The molecule has 2 aliphatic heterocycles. The average molecular weight is 346 g/mol. The molecule has 1 saturated carbocycles. The highest BCUT2D eigenvalue weighted by Gasteiger charge is 2.54. The summed E-state index contributed by atoms with van der Waals surface area (Å²) in [6.07, 6.45) is 2.62. The van der Waals surface area contributed by atoms with Gasteiger partial charge in [-0.05, 0) is 30.9 Å². The van der Waals surface area contributed by atoms with E-state index in [0.29, 0.717) is 49.9 Å². The fourth-order valence-corrected chi connectivity index (χ4v) is 4.39. The Morgan fingerprint density at radius 3 is 2.84 bits per heavy atom. The van der Waals surface area contributed by atoms with Gasteiger partial charge >= 0.3 is 5.97 Å². The molecule has 134 valence electrons. The monoisotopic (exact) mass is 346 g/mol. The Balaban J connectivity index is 1.38. The van der Waals surface area contributed by atoms with E-state index in [0.717, 1.165) is 12.8 Å². The van der Waals surface area contributed by atoms with Crippen LogP contribution < -0.4 is 14.8 Å². The number of carbonyl (C=O) groups excluding carboxylic acids is 1. The standard InChI is InChI=1S/C18H22N2O5/c21-16(19-13-3-4-14-15(8-13)25-7-6-24-14)10-20-9-12-2-1-5-18(12,11-20)17(22)23/h3-4,8,12H,1-2,5-7,9-11H2,(H,19,21)(H,22,23)/t12-,18+/m0/s1. The van der Waals surface area contributed by atoms with Crippen molar-refractivity contribution < 1.29 is 24.2 Å². The number of likely N-dealkylation sites (tertiary alicyclic amines) is 1. The van der Waals surface area contributed by atoms with Gasteiger partial charge < -0.3 is 19.9 Å². The Hall–Kier alpha value is -2.28. The minimum Gasteiger partial charge on any atom is -0.486 e. The summed E-state index contributed by atoms with van der Waals surface area (Å²) >= 11 is 0. The summed E-state index contributed by atoms with van der Waals surface area (Å²) in [5, 5.41) is 12.5. The van der Waals surface area contributed by atoms with Gasteiger partial charge in [0.25, 0.3) is 0 Å². The quantitative estimate of drug-likeness (QED) is 0.861. The number of carbonyl (C=O) groups is 2. The molecule has 7 nitrogen and oxygen atoms in total. The Bertz CT molecular complexity index is 707. The average Bonchev–Trinajstić information content (AvgIpc) is 3.12. The third kappa shape index (κ3) is 2.93. The summed E-state index contributed by atoms with van der Waals surface area (Å²) in [5.74, 6) is 0.610. The van der Waals surface area contributed by atoms with Crippen LogP contribution in [0.5, 0.6) is 11.5 Å². The van der Waals surface area contributed by atoms with Gasteiger partial charge in [0.15, 0.2) is 11.5 Å². The number of rotatable bonds is 4. The van der Waals surface area contributed by atoms with Crippen molar-refractivity contribution in [1.29, 1.82) is 0 Å². The molecule has 2 atom stereocenters. The molecular formula is C18H22N2O5. The van der Waals surface area contributed by atoms with Crippen LogP contribution in [0.15, 0.2) is 18.2 Å². The van der Waals surface area contributed by atoms with E-state index in [4.69, 9.17) is 9.47 Å². The number of fused-ring (bicyclic) bond motifs is 2. The number of benzene rings is 1. The summed E-state index contributed by atoms with van der Waals surface area (Å²) in [6, 6.07) is 5.32. The topological polar surface area (TPSA) is 88.1 Å². The lowest BCUT2D eigenvalue weighted by Crippen LogP contribution is -2.37. The summed E-state index contributed by atoms with van der Waals surface area (Å²) in [4.78, 5) is 26.0. The molecule has 2 heterocycles. The number of carboxylic acids is 1. The fraction of sp³-hybridized carbons (Fsp3) is 0.556. The Kier molecular flexibility index (Phi) is 4.03. The first-order valence-electron chi connectivity index (χ1n) is 8.72. The van der Waals surface area contributed by atoms with Gasteiger partial charge in [-0.1, -0.05) is 6.42 Å². The van der Waals surface area contributed by atoms with E-state index < -0.39 is 11.4 Å². The lowest BCUT2D eigenvalue weighted by atomic mass is 9.81. The van der Waals surface area contributed by atoms with Gasteiger partial charge in [0.1, 0.15) is 13.2 Å². The van der Waals surface area contributed by atoms with E-state index >= 15 is 0 Å². The second-order valence-electron chi connectivity index (χ2n) is 7.13. The molecule has 1 aliphatic carbocycles. The highest BCUT2D eigenvalue weighted by Crippen LogP contribution is 2.48. The number of amides is 1. The molecule has 1 saturated heterocycles. The number of aliphatic carboxylic acids is 1. The lowest BCUT2D eigenvalue weighted by molar-refractivity contribution is -0.149. The first-order valence-corrected chi connectivity index (χ1v) is 8.72. The molecule has 3 aliphatic rings. The molecule has 25 heavy (non-hydrogen) atoms. The largest absolute Gasteiger partial charge is 0.486 e. The molecule has 2 fully saturated rings. The molecule has 4 rings (SSSR count). The molecule has 0 radical (unpaired) electrons. The minimum absolute atomic E-state index is 0.141. The van der Waals surface area contributed by atoms with Gasteiger partial charge in [-0.3, -0.25) is 14.5 Å². The van der Waals surface area contributed by atoms with Gasteiger partial charge in [-0.15, -0.1) is 0 Å². The zero-order valence-corrected chi connectivity index (χ0v) is 14.0. The van der Waals surface area contributed by atoms with Crippen LogP contribution in [0.3, 0.4) is 0 Å². The maximum Gasteiger partial charge on any atom is 0.311 e. The van der Waals surface area contributed by atoms with Crippen LogP contribution in [0.1, 0.15) is 19.3 Å². The Morgan fingerprint density at radius 2 is 2.08 bits per heavy atom. The van der Waals surface area contributed by atoms with E-state index in [2.05, 4.69) is 5.32 Å². The van der Waals surface area contributed by atoms with Gasteiger partial charge in [0.05, 0.1) is 12.0 Å². The van der Waals surface area contributed by atoms with Gasteiger partial charge in [0.2, 0.25) is 5.91 Å². The maximum atomic E-state index is 12.4. The van der Waals surface area contributed by atoms with Crippen LogP contribution in [0.25, 0.3) is 0 Å². The molecule has 0 spiro atoms. The lowest BCUT2D eigenvalue weighted by Gasteiger charge is -2.23. The maximum absolute atomic E-state index is 12.4. The molecule has 1 aromatic rings. The summed E-state index contributed by atoms with van der Waals surface area (Å²) in [7, 11) is 0. The zero-order chi connectivity index (χ0) is 17.4. The third-order valence-electron chi connectivity index (χ3n) is 5.56. The number of ether oxygens (including phenoxy) is 2. The zero-order valence-electron chi connectivity index (χ0n) is 14.0. The molecule has 0 bridgehead atoms. The molecule has 2 N–H and O–H groups in total. The van der Waals surface area contributed by atoms with Crippen LogP contribution in [0.2, 0.25) is 0 Å². The molecule has 0 aromatic heterocycles. The second kappa shape index (κ2) is 6.22. The van der Waals surface area contributed by atoms with Gasteiger partial charge in [0, 0.05) is 24.8 Å². The number of anilines is 1. The number of hydrogen-bond donors (Lipinski definition) is 2. The summed E-state index contributed by atoms with van der Waals surface area (Å²) in [5.41, 5.74) is -0.00123. The van der Waals surface area contributed by atoms with E-state index in [1.165, 1.54) is 0 Å². The highest BCUT2D eigenvalue weighted by atomic mass is 16.6. The van der Waals surface area contributed by atoms with E-state index in [-0.39, 0.29) is 18.4 Å². The van der Waals surface area contributed by atoms with E-state index in [9.17, 15) is 14.7 Å². The molecular weight excluding hydrogens is 324 g/mol. The molecule has 1 amide bonds. The predicted molar refractivity (Wildman–Crippen MR) is 89.9 cm³/mol. The van der Waals surface area contributed by atoms with E-state index in [1.807, 2.05) is 4.90 Å². The first kappa shape index (κ1) is 16.2. The van der Waals surface area contributed by atoms with E-state index in [1.54, 1.807) is 18.2 Å². The van der Waals surface area contributed by atoms with Crippen molar-refractivity contribution in [3.05, 3.63) is 18.2 Å². The number of carboxylic acid groups (broad SMARTS) is 1. The van der Waals surface area contributed by atoms with Crippen LogP contribution in [-0.2, 0) is 9.59 Å². The van der Waals surface area contributed by atoms with Crippen molar-refractivity contribution in [3.8, 4) is 11.5 Å². The number of hydrogen-bond acceptors (Lipinski definition) is 5. The van der Waals surface area contributed by atoms with Gasteiger partial charge in [-0.2, -0.15) is 0 Å². The normalized spacial score (nSPS) is 27.8. The van der Waals surface area contributed by atoms with Crippen LogP contribution in [0.4, 0.5) is 5.69 Å². The Labute approximate surface area is 145 Å². The van der Waals surface area contributed by atoms with Crippen molar-refractivity contribution in [2.45, 2.75) is 19.3 Å². The van der Waals surface area contributed by atoms with Crippen molar-refractivity contribution in [2.75, 3.05) is 38.2 Å². The number of nitrogens with one attached hydrogen (secondary N) is 1. The van der Waals surface area contributed by atoms with Gasteiger partial charge in [-0.25, -0.2) is 0 Å². The molecule has 1 aromatic carbocycles. The van der Waals surface area contributed by atoms with Crippen LogP contribution in [0, 0.1) is 11.3 Å². The number of nitrogens with zero attached hydrogens (tertiary/aromatic N) is 1. The van der Waals surface area contributed by atoms with Crippen molar-refractivity contribution in [3.63, 3.8) is 0 Å². The summed E-state index contributed by atoms with van der Waals surface area (Å²) in [6.45, 7) is 2.37. The van der Waals surface area contributed by atoms with Crippen LogP contribution >= 0.6 is 0 Å². The van der Waals surface area contributed by atoms with Crippen molar-refractivity contribution >= 4 is 17.6 Å². The SMILES string of the molecule is O=C(CN1C[C@@H]2CCC[C@@]2(C(=O)O)C1)Nc1ccc2c(c1)OCCO2. The minimum atomic E-state index is -0.718. The van der Waals surface area contributed by atoms with Crippen LogP contribution in [-0.4, -0.2) is 54.7 Å². The Morgan fingerprint density at radius 1 is 1.28 bits per heavy atom. The summed E-state index contributed by atoms with van der Waals surface area (Å²) < 4.78 is 11.0. The third-order valence-corrected chi connectivity index (χ3v) is 5.56. The van der Waals surface area contributed by atoms with Crippen molar-refractivity contribution in [2.24, 2.45) is 11.3 Å².